The summed E-state index contributed by atoms with van der Waals surface area (Å²) in [6.45, 7) is 1.64. The minimum Gasteiger partial charge on any atom is -0.497 e. The number of carbonyl (C=O) groups is 2. The Labute approximate surface area is 274 Å². The van der Waals surface area contributed by atoms with Gasteiger partial charge in [-0.05, 0) is 90.3 Å². The molecule has 0 N–H and O–H groups in total. The van der Waals surface area contributed by atoms with Crippen LogP contribution in [0.4, 0.5) is 0 Å². The molecule has 0 unspecified atom stereocenters. The summed E-state index contributed by atoms with van der Waals surface area (Å²) in [6, 6.07) is 33.9. The van der Waals surface area contributed by atoms with E-state index in [1.165, 1.54) is 60.8 Å². The zero-order valence-electron chi connectivity index (χ0n) is 27.4. The SMILES string of the molecule is COc1ccc(C2(c3ccc(OC(=O)Cc4ccc(C5(c6ccc(CC(C)=O)cc6)CCCCC5)cc4)cc3)CCCCC2)cc1. The second-order valence-electron chi connectivity index (χ2n) is 13.5. The third-order valence-electron chi connectivity index (χ3n) is 10.5. The van der Waals surface area contributed by atoms with Crippen molar-refractivity contribution in [3.05, 3.63) is 130 Å². The molecule has 0 saturated heterocycles. The summed E-state index contributed by atoms with van der Waals surface area (Å²) in [5.74, 6) is 1.39. The Hall–Kier alpha value is -4.18. The van der Waals surface area contributed by atoms with Crippen LogP contribution in [0.3, 0.4) is 0 Å². The maximum absolute atomic E-state index is 13.0. The van der Waals surface area contributed by atoms with Crippen molar-refractivity contribution in [2.45, 2.75) is 94.8 Å². The smallest absolute Gasteiger partial charge is 0.315 e. The Morgan fingerprint density at radius 1 is 0.522 bits per heavy atom. The number of methoxy groups -OCH3 is 1. The van der Waals surface area contributed by atoms with E-state index in [0.29, 0.717) is 12.2 Å². The highest BCUT2D eigenvalue weighted by Gasteiger charge is 2.37. The van der Waals surface area contributed by atoms with E-state index in [4.69, 9.17) is 9.47 Å². The van der Waals surface area contributed by atoms with Crippen LogP contribution in [0.25, 0.3) is 0 Å². The van der Waals surface area contributed by atoms with Crippen LogP contribution >= 0.6 is 0 Å². The number of benzene rings is 4. The first-order chi connectivity index (χ1) is 22.4. The first-order valence-corrected chi connectivity index (χ1v) is 17.0. The van der Waals surface area contributed by atoms with Crippen LogP contribution in [0.1, 0.15) is 105 Å². The number of rotatable bonds is 10. The second kappa shape index (κ2) is 14.1. The molecule has 2 aliphatic rings. The van der Waals surface area contributed by atoms with Crippen LogP contribution in [0.15, 0.2) is 97.1 Å². The van der Waals surface area contributed by atoms with Crippen molar-refractivity contribution in [3.8, 4) is 11.5 Å². The van der Waals surface area contributed by atoms with Crippen LogP contribution in [0, 0.1) is 0 Å². The third-order valence-corrected chi connectivity index (χ3v) is 10.5. The highest BCUT2D eigenvalue weighted by molar-refractivity contribution is 5.78. The molecule has 6 rings (SSSR count). The van der Waals surface area contributed by atoms with E-state index in [0.717, 1.165) is 42.6 Å². The van der Waals surface area contributed by atoms with Crippen molar-refractivity contribution in [2.24, 2.45) is 0 Å². The number of carbonyl (C=O) groups excluding carboxylic acids is 2. The highest BCUT2D eigenvalue weighted by Crippen LogP contribution is 2.46. The molecule has 0 heterocycles. The fourth-order valence-corrected chi connectivity index (χ4v) is 8.06. The summed E-state index contributed by atoms with van der Waals surface area (Å²) in [5, 5.41) is 0. The first-order valence-electron chi connectivity index (χ1n) is 17.0. The van der Waals surface area contributed by atoms with Gasteiger partial charge >= 0.3 is 5.97 Å². The summed E-state index contributed by atoms with van der Waals surface area (Å²) in [5.41, 5.74) is 7.17. The van der Waals surface area contributed by atoms with Crippen molar-refractivity contribution in [3.63, 3.8) is 0 Å². The second-order valence-corrected chi connectivity index (χ2v) is 13.5. The van der Waals surface area contributed by atoms with Gasteiger partial charge in [0, 0.05) is 17.3 Å². The molecule has 4 nitrogen and oxygen atoms in total. The predicted octanol–water partition coefficient (Wildman–Crippen LogP) is 9.48. The van der Waals surface area contributed by atoms with Gasteiger partial charge in [0.15, 0.2) is 0 Å². The Morgan fingerprint density at radius 2 is 0.891 bits per heavy atom. The van der Waals surface area contributed by atoms with Gasteiger partial charge in [-0.25, -0.2) is 0 Å². The van der Waals surface area contributed by atoms with Crippen LogP contribution in [0.2, 0.25) is 0 Å². The molecule has 0 amide bonds. The Bertz CT molecular complexity index is 1600. The maximum Gasteiger partial charge on any atom is 0.315 e. The zero-order chi connectivity index (χ0) is 32.0. The van der Waals surface area contributed by atoms with E-state index in [2.05, 4.69) is 84.9 Å². The quantitative estimate of drug-likeness (QED) is 0.132. The fourth-order valence-electron chi connectivity index (χ4n) is 8.06. The van der Waals surface area contributed by atoms with Crippen molar-refractivity contribution < 1.29 is 19.1 Å². The Morgan fingerprint density at radius 3 is 1.28 bits per heavy atom. The molecule has 4 heteroatoms. The minimum atomic E-state index is -0.253. The van der Waals surface area contributed by atoms with Crippen LogP contribution in [-0.4, -0.2) is 18.9 Å². The van der Waals surface area contributed by atoms with Crippen LogP contribution < -0.4 is 9.47 Å². The molecule has 2 aliphatic carbocycles. The van der Waals surface area contributed by atoms with E-state index in [9.17, 15) is 9.59 Å². The van der Waals surface area contributed by atoms with Gasteiger partial charge in [-0.15, -0.1) is 0 Å². The van der Waals surface area contributed by atoms with Crippen molar-refractivity contribution >= 4 is 11.8 Å². The molecule has 2 fully saturated rings. The van der Waals surface area contributed by atoms with E-state index in [1.807, 2.05) is 12.1 Å². The average molecular weight is 615 g/mol. The number of esters is 1. The Balaban J connectivity index is 1.13. The van der Waals surface area contributed by atoms with Crippen molar-refractivity contribution in [1.29, 1.82) is 0 Å². The molecule has 2 saturated carbocycles. The lowest BCUT2D eigenvalue weighted by atomic mass is 9.65. The summed E-state index contributed by atoms with van der Waals surface area (Å²) in [4.78, 5) is 24.6. The van der Waals surface area contributed by atoms with E-state index < -0.39 is 0 Å². The van der Waals surface area contributed by atoms with E-state index in [-0.39, 0.29) is 29.0 Å². The molecule has 0 aliphatic heterocycles. The van der Waals surface area contributed by atoms with Crippen LogP contribution in [0.5, 0.6) is 11.5 Å². The number of hydrogen-bond donors (Lipinski definition) is 0. The van der Waals surface area contributed by atoms with Gasteiger partial charge < -0.3 is 9.47 Å². The van der Waals surface area contributed by atoms with Crippen molar-refractivity contribution in [2.75, 3.05) is 7.11 Å². The van der Waals surface area contributed by atoms with Gasteiger partial charge in [0.1, 0.15) is 17.3 Å². The number of ether oxygens (including phenoxy) is 2. The van der Waals surface area contributed by atoms with Gasteiger partial charge in [-0.2, -0.15) is 0 Å². The van der Waals surface area contributed by atoms with E-state index in [1.54, 1.807) is 14.0 Å². The lowest BCUT2D eigenvalue weighted by Crippen LogP contribution is -2.30. The molecule has 4 aromatic carbocycles. The van der Waals surface area contributed by atoms with Gasteiger partial charge in [0.2, 0.25) is 0 Å². The summed E-state index contributed by atoms with van der Waals surface area (Å²) < 4.78 is 11.2. The Kier molecular flexibility index (Phi) is 9.72. The number of Topliss-reactive ketones (excluding diaryl/α,β-unsaturated/α-hetero) is 1. The molecule has 238 valence electrons. The normalized spacial score (nSPS) is 17.2. The van der Waals surface area contributed by atoms with Crippen molar-refractivity contribution in [1.82, 2.24) is 0 Å². The fraction of sp³-hybridized carbons (Fsp3) is 0.381. The highest BCUT2D eigenvalue weighted by atomic mass is 16.5. The topological polar surface area (TPSA) is 52.6 Å². The molecular formula is C42H46O4. The largest absolute Gasteiger partial charge is 0.497 e. The minimum absolute atomic E-state index is 0.0267. The summed E-state index contributed by atoms with van der Waals surface area (Å²) in [6.07, 6.45) is 12.5. The van der Waals surface area contributed by atoms with Gasteiger partial charge in [-0.3, -0.25) is 9.59 Å². The van der Waals surface area contributed by atoms with Gasteiger partial charge in [0.25, 0.3) is 0 Å². The standard InChI is InChI=1S/C42H46O4/c1-31(43)29-32-9-13-34(14-10-32)41(25-5-3-6-26-41)35-15-11-33(12-16-35)30-40(44)46-39-23-19-37(20-24-39)42(27-7-4-8-28-42)36-17-21-38(45-2)22-18-36/h9-24H,3-8,25-30H2,1-2H3. The number of hydrogen-bond acceptors (Lipinski definition) is 4. The third kappa shape index (κ3) is 6.82. The number of ketones is 1. The lowest BCUT2D eigenvalue weighted by molar-refractivity contribution is -0.133. The summed E-state index contributed by atoms with van der Waals surface area (Å²) in [7, 11) is 1.70. The molecular weight excluding hydrogens is 568 g/mol. The predicted molar refractivity (Wildman–Crippen MR) is 184 cm³/mol. The summed E-state index contributed by atoms with van der Waals surface area (Å²) >= 11 is 0. The molecule has 0 spiro atoms. The monoisotopic (exact) mass is 614 g/mol. The molecule has 0 radical (unpaired) electrons. The van der Waals surface area contributed by atoms with Gasteiger partial charge in [0.05, 0.1) is 13.5 Å². The van der Waals surface area contributed by atoms with Gasteiger partial charge in [-0.1, -0.05) is 111 Å². The first kappa shape index (κ1) is 31.8. The lowest BCUT2D eigenvalue weighted by Gasteiger charge is -2.39. The molecule has 46 heavy (non-hydrogen) atoms. The molecule has 0 aromatic heterocycles. The van der Waals surface area contributed by atoms with E-state index >= 15 is 0 Å². The molecule has 4 aromatic rings. The zero-order valence-corrected chi connectivity index (χ0v) is 27.4. The molecule has 0 bridgehead atoms. The average Bonchev–Trinajstić information content (AvgIpc) is 3.09. The van der Waals surface area contributed by atoms with Crippen LogP contribution in [-0.2, 0) is 33.3 Å². The molecule has 0 atom stereocenters. The maximum atomic E-state index is 13.0.